The van der Waals surface area contributed by atoms with Crippen molar-refractivity contribution in [3.8, 4) is 17.3 Å². The zero-order valence-corrected chi connectivity index (χ0v) is 12.1. The summed E-state index contributed by atoms with van der Waals surface area (Å²) in [4.78, 5) is 4.65. The van der Waals surface area contributed by atoms with Crippen LogP contribution in [0.15, 0.2) is 34.1 Å². The van der Waals surface area contributed by atoms with Gasteiger partial charge in [-0.2, -0.15) is 5.26 Å². The van der Waals surface area contributed by atoms with Crippen LogP contribution in [0.5, 0.6) is 0 Å². The standard InChI is InChI=1S/C14H11BrN2S/c15-11-4-2-1-3-10(11)12-8-18-13(17-12)7-14(9-16)5-6-14/h1-4,8H,5-7H2. The molecule has 0 amide bonds. The van der Waals surface area contributed by atoms with Crippen LogP contribution >= 0.6 is 27.3 Å². The van der Waals surface area contributed by atoms with E-state index < -0.39 is 0 Å². The first-order chi connectivity index (χ1) is 8.72. The van der Waals surface area contributed by atoms with Crippen molar-refractivity contribution in [1.29, 1.82) is 5.26 Å². The van der Waals surface area contributed by atoms with Gasteiger partial charge in [-0.05, 0) is 18.9 Å². The van der Waals surface area contributed by atoms with Crippen molar-refractivity contribution in [3.05, 3.63) is 39.1 Å². The number of nitriles is 1. The van der Waals surface area contributed by atoms with Crippen molar-refractivity contribution in [2.24, 2.45) is 5.41 Å². The second-order valence-corrected chi connectivity index (χ2v) is 6.47. The number of rotatable bonds is 3. The Labute approximate surface area is 118 Å². The van der Waals surface area contributed by atoms with Gasteiger partial charge in [0.2, 0.25) is 0 Å². The van der Waals surface area contributed by atoms with Gasteiger partial charge in [0, 0.05) is 21.8 Å². The molecule has 0 atom stereocenters. The van der Waals surface area contributed by atoms with E-state index in [1.165, 1.54) is 0 Å². The summed E-state index contributed by atoms with van der Waals surface area (Å²) < 4.78 is 1.06. The highest BCUT2D eigenvalue weighted by Crippen LogP contribution is 2.48. The van der Waals surface area contributed by atoms with Crippen LogP contribution in [0, 0.1) is 16.7 Å². The van der Waals surface area contributed by atoms with Crippen LogP contribution < -0.4 is 0 Å². The summed E-state index contributed by atoms with van der Waals surface area (Å²) in [7, 11) is 0. The summed E-state index contributed by atoms with van der Waals surface area (Å²) >= 11 is 5.19. The van der Waals surface area contributed by atoms with Gasteiger partial charge in [-0.15, -0.1) is 11.3 Å². The molecule has 0 N–H and O–H groups in total. The molecule has 1 aromatic carbocycles. The van der Waals surface area contributed by atoms with Gasteiger partial charge in [0.25, 0.3) is 0 Å². The third kappa shape index (κ3) is 2.21. The number of halogens is 1. The van der Waals surface area contributed by atoms with Gasteiger partial charge in [0.15, 0.2) is 0 Å². The second-order valence-electron chi connectivity index (χ2n) is 4.68. The molecule has 2 aromatic rings. The highest BCUT2D eigenvalue weighted by Gasteiger charge is 2.43. The Bertz CT molecular complexity index is 623. The van der Waals surface area contributed by atoms with Gasteiger partial charge >= 0.3 is 0 Å². The highest BCUT2D eigenvalue weighted by atomic mass is 79.9. The van der Waals surface area contributed by atoms with Gasteiger partial charge in [-0.3, -0.25) is 0 Å². The lowest BCUT2D eigenvalue weighted by Gasteiger charge is -2.01. The molecule has 0 aliphatic heterocycles. The van der Waals surface area contributed by atoms with Crippen molar-refractivity contribution in [2.45, 2.75) is 19.3 Å². The van der Waals surface area contributed by atoms with Gasteiger partial charge in [-0.25, -0.2) is 4.98 Å². The Morgan fingerprint density at radius 3 is 2.83 bits per heavy atom. The van der Waals surface area contributed by atoms with Crippen molar-refractivity contribution in [2.75, 3.05) is 0 Å². The Morgan fingerprint density at radius 2 is 2.17 bits per heavy atom. The van der Waals surface area contributed by atoms with E-state index >= 15 is 0 Å². The van der Waals surface area contributed by atoms with Crippen molar-refractivity contribution >= 4 is 27.3 Å². The SMILES string of the molecule is N#CC1(Cc2nc(-c3ccccc3Br)cs2)CC1. The third-order valence-corrected chi connectivity index (χ3v) is 4.82. The fraction of sp³-hybridized carbons (Fsp3) is 0.286. The average molecular weight is 319 g/mol. The minimum absolute atomic E-state index is 0.108. The summed E-state index contributed by atoms with van der Waals surface area (Å²) in [5, 5.41) is 12.2. The molecule has 1 aliphatic carbocycles. The average Bonchev–Trinajstić information content (AvgIpc) is 3.00. The van der Waals surface area contributed by atoms with E-state index in [0.717, 1.165) is 40.0 Å². The van der Waals surface area contributed by atoms with Crippen LogP contribution in [0.3, 0.4) is 0 Å². The fourth-order valence-corrected chi connectivity index (χ4v) is 3.38. The summed E-state index contributed by atoms with van der Waals surface area (Å²) in [5.74, 6) is 0. The topological polar surface area (TPSA) is 36.7 Å². The molecule has 0 spiro atoms. The van der Waals surface area contributed by atoms with E-state index in [0.29, 0.717) is 0 Å². The molecule has 2 nitrogen and oxygen atoms in total. The number of hydrogen-bond acceptors (Lipinski definition) is 3. The smallest absolute Gasteiger partial charge is 0.0948 e. The molecular formula is C14H11BrN2S. The molecule has 18 heavy (non-hydrogen) atoms. The first kappa shape index (κ1) is 11.9. The maximum absolute atomic E-state index is 9.11. The molecule has 1 heterocycles. The monoisotopic (exact) mass is 318 g/mol. The number of thiazole rings is 1. The maximum atomic E-state index is 9.11. The minimum atomic E-state index is -0.108. The van der Waals surface area contributed by atoms with E-state index in [1.807, 2.05) is 18.2 Å². The largest absolute Gasteiger partial charge is 0.241 e. The molecule has 1 aromatic heterocycles. The summed E-state index contributed by atoms with van der Waals surface area (Å²) in [5.41, 5.74) is 2.00. The van der Waals surface area contributed by atoms with Crippen molar-refractivity contribution < 1.29 is 0 Å². The molecule has 0 saturated heterocycles. The van der Waals surface area contributed by atoms with E-state index in [1.54, 1.807) is 11.3 Å². The van der Waals surface area contributed by atoms with Gasteiger partial charge in [-0.1, -0.05) is 34.1 Å². The molecule has 3 rings (SSSR count). The number of aromatic nitrogens is 1. The third-order valence-electron chi connectivity index (χ3n) is 3.28. The molecule has 90 valence electrons. The molecule has 1 fully saturated rings. The fourth-order valence-electron chi connectivity index (χ4n) is 1.95. The lowest BCUT2D eigenvalue weighted by atomic mass is 10.1. The zero-order valence-electron chi connectivity index (χ0n) is 9.69. The lowest BCUT2D eigenvalue weighted by molar-refractivity contribution is 0.662. The van der Waals surface area contributed by atoms with E-state index in [2.05, 4.69) is 38.4 Å². The van der Waals surface area contributed by atoms with Crippen LogP contribution in [0.4, 0.5) is 0 Å². The Balaban J connectivity index is 1.86. The van der Waals surface area contributed by atoms with Crippen LogP contribution in [-0.2, 0) is 6.42 Å². The molecule has 0 bridgehead atoms. The highest BCUT2D eigenvalue weighted by molar-refractivity contribution is 9.10. The number of hydrogen-bond donors (Lipinski definition) is 0. The Hall–Kier alpha value is -1.18. The van der Waals surface area contributed by atoms with Crippen molar-refractivity contribution in [1.82, 2.24) is 4.98 Å². The van der Waals surface area contributed by atoms with E-state index in [-0.39, 0.29) is 5.41 Å². The minimum Gasteiger partial charge on any atom is -0.241 e. The van der Waals surface area contributed by atoms with Gasteiger partial charge in [0.05, 0.1) is 22.2 Å². The summed E-state index contributed by atoms with van der Waals surface area (Å²) in [6, 6.07) is 10.5. The lowest BCUT2D eigenvalue weighted by Crippen LogP contribution is -2.00. The van der Waals surface area contributed by atoms with Gasteiger partial charge in [0.1, 0.15) is 0 Å². The number of benzene rings is 1. The molecule has 0 radical (unpaired) electrons. The van der Waals surface area contributed by atoms with Crippen molar-refractivity contribution in [3.63, 3.8) is 0 Å². The Morgan fingerprint density at radius 1 is 1.39 bits per heavy atom. The summed E-state index contributed by atoms with van der Waals surface area (Å²) in [6.45, 7) is 0. The normalized spacial score (nSPS) is 16.2. The van der Waals surface area contributed by atoms with E-state index in [9.17, 15) is 0 Å². The molecule has 0 unspecified atom stereocenters. The maximum Gasteiger partial charge on any atom is 0.0948 e. The predicted octanol–water partition coefficient (Wildman–Crippen LogP) is 4.42. The van der Waals surface area contributed by atoms with Crippen LogP contribution in [0.1, 0.15) is 17.8 Å². The number of nitrogens with zero attached hydrogens (tertiary/aromatic N) is 2. The second kappa shape index (κ2) is 4.49. The quantitative estimate of drug-likeness (QED) is 0.840. The van der Waals surface area contributed by atoms with Crippen LogP contribution in [0.2, 0.25) is 0 Å². The molecule has 4 heteroatoms. The molecule has 1 saturated carbocycles. The first-order valence-electron chi connectivity index (χ1n) is 5.83. The van der Waals surface area contributed by atoms with Crippen LogP contribution in [0.25, 0.3) is 11.3 Å². The van der Waals surface area contributed by atoms with Crippen LogP contribution in [-0.4, -0.2) is 4.98 Å². The zero-order chi connectivity index (χ0) is 12.6. The first-order valence-corrected chi connectivity index (χ1v) is 7.50. The van der Waals surface area contributed by atoms with E-state index in [4.69, 9.17) is 5.26 Å². The molecule has 1 aliphatic rings. The Kier molecular flexibility index (Phi) is 2.96. The van der Waals surface area contributed by atoms with Gasteiger partial charge < -0.3 is 0 Å². The summed E-state index contributed by atoms with van der Waals surface area (Å²) in [6.07, 6.45) is 2.85. The molecular weight excluding hydrogens is 308 g/mol. The predicted molar refractivity (Wildman–Crippen MR) is 76.2 cm³/mol.